The molecule has 1 N–H and O–H groups in total. The van der Waals surface area contributed by atoms with E-state index < -0.39 is 6.10 Å². The van der Waals surface area contributed by atoms with Gasteiger partial charge in [0.1, 0.15) is 5.75 Å². The average Bonchev–Trinajstić information content (AvgIpc) is 2.69. The molecule has 0 radical (unpaired) electrons. The first-order valence-corrected chi connectivity index (χ1v) is 10.7. The molecule has 0 spiro atoms. The molecule has 0 amide bonds. The zero-order valence-corrected chi connectivity index (χ0v) is 17.9. The van der Waals surface area contributed by atoms with E-state index in [1.54, 1.807) is 7.11 Å². The molecule has 0 aromatic heterocycles. The lowest BCUT2D eigenvalue weighted by Crippen LogP contribution is -2.35. The summed E-state index contributed by atoms with van der Waals surface area (Å²) in [5.41, 5.74) is 3.67. The summed E-state index contributed by atoms with van der Waals surface area (Å²) in [4.78, 5) is 2.58. The van der Waals surface area contributed by atoms with E-state index in [1.807, 2.05) is 19.1 Å². The number of likely N-dealkylation sites (tertiary alicyclic amines) is 1. The maximum Gasteiger partial charge on any atom is 0.119 e. The Morgan fingerprint density at radius 3 is 2.67 bits per heavy atom. The molecule has 1 atom stereocenters. The number of piperidine rings is 1. The summed E-state index contributed by atoms with van der Waals surface area (Å²) in [5.74, 6) is 1.67. The van der Waals surface area contributed by atoms with Crippen molar-refractivity contribution in [2.75, 3.05) is 26.7 Å². The Hall–Kier alpha value is -1.36. The van der Waals surface area contributed by atoms with Gasteiger partial charge >= 0.3 is 0 Å². The predicted molar refractivity (Wildman–Crippen MR) is 114 cm³/mol. The monoisotopic (exact) mass is 431 g/mol. The van der Waals surface area contributed by atoms with Gasteiger partial charge in [-0.2, -0.15) is 0 Å². The third kappa shape index (κ3) is 5.81. The molecule has 27 heavy (non-hydrogen) atoms. The molecule has 1 heterocycles. The summed E-state index contributed by atoms with van der Waals surface area (Å²) in [7, 11) is 1.72. The van der Waals surface area contributed by atoms with E-state index in [-0.39, 0.29) is 0 Å². The Morgan fingerprint density at radius 2 is 1.96 bits per heavy atom. The summed E-state index contributed by atoms with van der Waals surface area (Å²) >= 11 is 3.68. The summed E-state index contributed by atoms with van der Waals surface area (Å²) in [6.07, 6.45) is 4.26. The molecule has 1 saturated heterocycles. The van der Waals surface area contributed by atoms with Crippen LogP contribution in [0.3, 0.4) is 0 Å². The number of rotatable bonds is 7. The fourth-order valence-corrected chi connectivity index (χ4v) is 4.26. The van der Waals surface area contributed by atoms with Crippen LogP contribution in [0, 0.1) is 5.92 Å². The second kappa shape index (κ2) is 9.72. The lowest BCUT2D eigenvalue weighted by Gasteiger charge is -2.32. The summed E-state index contributed by atoms with van der Waals surface area (Å²) in [5, 5.41) is 9.75. The van der Waals surface area contributed by atoms with E-state index in [1.165, 1.54) is 41.5 Å². The molecule has 4 heteroatoms. The number of aliphatic hydroxyl groups is 1. The van der Waals surface area contributed by atoms with Gasteiger partial charge < -0.3 is 14.7 Å². The van der Waals surface area contributed by atoms with Gasteiger partial charge in [0, 0.05) is 11.0 Å². The quantitative estimate of drug-likeness (QED) is 0.668. The molecule has 0 saturated carbocycles. The molecular weight excluding hydrogens is 402 g/mol. The molecule has 3 rings (SSSR count). The number of ether oxygens (including phenoxy) is 1. The van der Waals surface area contributed by atoms with E-state index in [0.29, 0.717) is 0 Å². The van der Waals surface area contributed by atoms with E-state index >= 15 is 0 Å². The fourth-order valence-electron chi connectivity index (χ4n) is 3.86. The van der Waals surface area contributed by atoms with E-state index in [4.69, 9.17) is 4.74 Å². The van der Waals surface area contributed by atoms with Crippen molar-refractivity contribution < 1.29 is 9.84 Å². The maximum absolute atomic E-state index is 9.75. The third-order valence-corrected chi connectivity index (χ3v) is 6.39. The summed E-state index contributed by atoms with van der Waals surface area (Å²) in [6.45, 7) is 5.26. The number of benzene rings is 2. The van der Waals surface area contributed by atoms with Crippen LogP contribution in [0.25, 0.3) is 0 Å². The van der Waals surface area contributed by atoms with Crippen LogP contribution >= 0.6 is 15.9 Å². The largest absolute Gasteiger partial charge is 0.497 e. The molecule has 2 aromatic rings. The minimum Gasteiger partial charge on any atom is -0.497 e. The number of halogens is 1. The first kappa shape index (κ1) is 20.4. The average molecular weight is 432 g/mol. The molecule has 0 aliphatic carbocycles. The van der Waals surface area contributed by atoms with Gasteiger partial charge in [-0.3, -0.25) is 0 Å². The smallest absolute Gasteiger partial charge is 0.119 e. The standard InChI is InChI=1S/C23H30BrNO2/c1-17(26)20-5-3-4-18(14-20)8-11-25-12-9-19(10-13-25)15-21-16-22(27-2)6-7-23(21)24/h3-7,14,16-17,19,26H,8-13,15H2,1-2H3. The normalized spacial score (nSPS) is 17.0. The molecule has 0 bridgehead atoms. The first-order chi connectivity index (χ1) is 13.0. The van der Waals surface area contributed by atoms with Crippen molar-refractivity contribution >= 4 is 15.9 Å². The fraction of sp³-hybridized carbons (Fsp3) is 0.478. The SMILES string of the molecule is COc1ccc(Br)c(CC2CCN(CCc3cccc(C(C)O)c3)CC2)c1. The van der Waals surface area contributed by atoms with Gasteiger partial charge in [-0.05, 0) is 86.5 Å². The minimum absolute atomic E-state index is 0.392. The Morgan fingerprint density at radius 1 is 1.19 bits per heavy atom. The highest BCUT2D eigenvalue weighted by molar-refractivity contribution is 9.10. The Bertz CT molecular complexity index is 739. The molecule has 1 fully saturated rings. The Kier molecular flexibility index (Phi) is 7.33. The van der Waals surface area contributed by atoms with Crippen LogP contribution < -0.4 is 4.74 Å². The van der Waals surface area contributed by atoms with Gasteiger partial charge in [-0.25, -0.2) is 0 Å². The first-order valence-electron chi connectivity index (χ1n) is 9.87. The lowest BCUT2D eigenvalue weighted by atomic mass is 9.90. The molecule has 1 aliphatic rings. The van der Waals surface area contributed by atoms with Crippen LogP contribution in [0.5, 0.6) is 5.75 Å². The molecule has 1 aliphatic heterocycles. The zero-order chi connectivity index (χ0) is 19.2. The van der Waals surface area contributed by atoms with Gasteiger partial charge in [-0.15, -0.1) is 0 Å². The minimum atomic E-state index is -0.392. The van der Waals surface area contributed by atoms with Gasteiger partial charge in [-0.1, -0.05) is 40.2 Å². The lowest BCUT2D eigenvalue weighted by molar-refractivity contribution is 0.185. The van der Waals surface area contributed by atoms with Crippen molar-refractivity contribution in [3.8, 4) is 5.75 Å². The van der Waals surface area contributed by atoms with Crippen LogP contribution in [0.15, 0.2) is 46.9 Å². The molecule has 146 valence electrons. The summed E-state index contributed by atoms with van der Waals surface area (Å²) < 4.78 is 6.55. The highest BCUT2D eigenvalue weighted by atomic mass is 79.9. The number of nitrogens with zero attached hydrogens (tertiary/aromatic N) is 1. The van der Waals surface area contributed by atoms with Gasteiger partial charge in [0.05, 0.1) is 13.2 Å². The molecule has 3 nitrogen and oxygen atoms in total. The predicted octanol–water partition coefficient (Wildman–Crippen LogP) is 5.01. The van der Waals surface area contributed by atoms with Crippen LogP contribution in [0.4, 0.5) is 0 Å². The van der Waals surface area contributed by atoms with Crippen molar-refractivity contribution in [2.45, 2.75) is 38.7 Å². The van der Waals surface area contributed by atoms with Crippen molar-refractivity contribution in [1.29, 1.82) is 0 Å². The van der Waals surface area contributed by atoms with Crippen LogP contribution in [-0.4, -0.2) is 36.8 Å². The number of hydrogen-bond acceptors (Lipinski definition) is 3. The van der Waals surface area contributed by atoms with Gasteiger partial charge in [0.15, 0.2) is 0 Å². The molecule has 2 aromatic carbocycles. The maximum atomic E-state index is 9.75. The van der Waals surface area contributed by atoms with Crippen LogP contribution in [0.2, 0.25) is 0 Å². The van der Waals surface area contributed by atoms with E-state index in [9.17, 15) is 5.11 Å². The number of methoxy groups -OCH3 is 1. The molecule has 1 unspecified atom stereocenters. The van der Waals surface area contributed by atoms with Crippen molar-refractivity contribution in [2.24, 2.45) is 5.92 Å². The van der Waals surface area contributed by atoms with E-state index in [0.717, 1.165) is 36.6 Å². The van der Waals surface area contributed by atoms with Crippen molar-refractivity contribution in [1.82, 2.24) is 4.90 Å². The van der Waals surface area contributed by atoms with Crippen molar-refractivity contribution in [3.05, 3.63) is 63.6 Å². The third-order valence-electron chi connectivity index (χ3n) is 5.62. The topological polar surface area (TPSA) is 32.7 Å². The van der Waals surface area contributed by atoms with E-state index in [2.05, 4.69) is 51.2 Å². The van der Waals surface area contributed by atoms with Gasteiger partial charge in [0.2, 0.25) is 0 Å². The highest BCUT2D eigenvalue weighted by Crippen LogP contribution is 2.28. The van der Waals surface area contributed by atoms with Gasteiger partial charge in [0.25, 0.3) is 0 Å². The Labute approximate surface area is 171 Å². The zero-order valence-electron chi connectivity index (χ0n) is 16.3. The number of hydrogen-bond donors (Lipinski definition) is 1. The number of aliphatic hydroxyl groups excluding tert-OH is 1. The second-order valence-corrected chi connectivity index (χ2v) is 8.47. The summed E-state index contributed by atoms with van der Waals surface area (Å²) in [6, 6.07) is 14.6. The highest BCUT2D eigenvalue weighted by Gasteiger charge is 2.20. The Balaban J connectivity index is 1.47. The van der Waals surface area contributed by atoms with Crippen LogP contribution in [-0.2, 0) is 12.8 Å². The second-order valence-electron chi connectivity index (χ2n) is 7.62. The molecular formula is C23H30BrNO2. The van der Waals surface area contributed by atoms with Crippen molar-refractivity contribution in [3.63, 3.8) is 0 Å². The van der Waals surface area contributed by atoms with Crippen LogP contribution in [0.1, 0.15) is 42.6 Å².